The lowest BCUT2D eigenvalue weighted by atomic mass is 10.0. The monoisotopic (exact) mass is 243 g/mol. The van der Waals surface area contributed by atoms with Gasteiger partial charge in [-0.2, -0.15) is 0 Å². The highest BCUT2D eigenvalue weighted by molar-refractivity contribution is 5.62. The normalized spacial score (nSPS) is 11.1. The summed E-state index contributed by atoms with van der Waals surface area (Å²) in [7, 11) is 0. The van der Waals surface area contributed by atoms with Crippen LogP contribution in [0.25, 0.3) is 11.3 Å². The number of hydrogen-bond donors (Lipinski definition) is 0. The van der Waals surface area contributed by atoms with E-state index in [1.807, 2.05) is 10.7 Å². The molecule has 96 valence electrons. The number of aromatic nitrogens is 3. The van der Waals surface area contributed by atoms with E-state index in [9.17, 15) is 0 Å². The number of unbranched alkanes of at least 4 members (excludes halogenated alkanes) is 1. The molecular weight excluding hydrogens is 222 g/mol. The minimum Gasteiger partial charge on any atom is -0.244 e. The van der Waals surface area contributed by atoms with E-state index in [-0.39, 0.29) is 0 Å². The number of aryl methyl sites for hydroxylation is 1. The van der Waals surface area contributed by atoms with Crippen LogP contribution in [-0.2, 0) is 6.54 Å². The topological polar surface area (TPSA) is 30.7 Å². The van der Waals surface area contributed by atoms with E-state index in [1.165, 1.54) is 17.7 Å². The molecule has 0 unspecified atom stereocenters. The summed E-state index contributed by atoms with van der Waals surface area (Å²) in [6.07, 6.45) is 2.31. The molecule has 0 radical (unpaired) electrons. The van der Waals surface area contributed by atoms with E-state index in [0.29, 0.717) is 5.92 Å². The van der Waals surface area contributed by atoms with Gasteiger partial charge in [-0.1, -0.05) is 62.7 Å². The van der Waals surface area contributed by atoms with E-state index in [1.54, 1.807) is 0 Å². The number of nitrogens with zero attached hydrogens (tertiary/aromatic N) is 3. The molecule has 3 heteroatoms. The van der Waals surface area contributed by atoms with Crippen molar-refractivity contribution in [2.45, 2.75) is 46.1 Å². The molecule has 0 spiro atoms. The maximum absolute atomic E-state index is 4.36. The third kappa shape index (κ3) is 2.61. The Morgan fingerprint density at radius 1 is 1.17 bits per heavy atom. The van der Waals surface area contributed by atoms with Crippen molar-refractivity contribution in [1.29, 1.82) is 0 Å². The van der Waals surface area contributed by atoms with E-state index in [0.717, 1.165) is 18.7 Å². The Bertz CT molecular complexity index is 486. The predicted octanol–water partition coefficient (Wildman–Crippen LogP) is 3.87. The Hall–Kier alpha value is -1.64. The van der Waals surface area contributed by atoms with Crippen LogP contribution in [0.4, 0.5) is 0 Å². The van der Waals surface area contributed by atoms with Gasteiger partial charge in [0, 0.05) is 12.1 Å². The van der Waals surface area contributed by atoms with Crippen LogP contribution in [0, 0.1) is 0 Å². The van der Waals surface area contributed by atoms with Crippen LogP contribution in [0.5, 0.6) is 0 Å². The van der Waals surface area contributed by atoms with Gasteiger partial charge in [-0.15, -0.1) is 5.10 Å². The van der Waals surface area contributed by atoms with E-state index in [2.05, 4.69) is 55.3 Å². The first-order chi connectivity index (χ1) is 8.74. The van der Waals surface area contributed by atoms with Gasteiger partial charge in [0.2, 0.25) is 0 Å². The van der Waals surface area contributed by atoms with Crippen molar-refractivity contribution in [2.24, 2.45) is 0 Å². The highest BCUT2D eigenvalue weighted by Gasteiger charge is 2.16. The van der Waals surface area contributed by atoms with Crippen LogP contribution in [0.1, 0.15) is 45.2 Å². The molecule has 0 N–H and O–H groups in total. The summed E-state index contributed by atoms with van der Waals surface area (Å²) in [5, 5.41) is 8.68. The fourth-order valence-corrected chi connectivity index (χ4v) is 2.07. The molecular formula is C15H21N3. The summed E-state index contributed by atoms with van der Waals surface area (Å²) in [4.78, 5) is 0. The molecule has 0 atom stereocenters. The van der Waals surface area contributed by atoms with Crippen molar-refractivity contribution in [3.63, 3.8) is 0 Å². The average molecular weight is 243 g/mol. The van der Waals surface area contributed by atoms with Gasteiger partial charge in [0.1, 0.15) is 0 Å². The molecule has 0 amide bonds. The molecule has 1 aromatic heterocycles. The predicted molar refractivity (Wildman–Crippen MR) is 74.5 cm³/mol. The largest absolute Gasteiger partial charge is 0.244 e. The van der Waals surface area contributed by atoms with Crippen molar-refractivity contribution in [3.05, 3.63) is 36.0 Å². The van der Waals surface area contributed by atoms with E-state index in [4.69, 9.17) is 0 Å². The van der Waals surface area contributed by atoms with Gasteiger partial charge in [0.15, 0.2) is 0 Å². The second kappa shape index (κ2) is 5.80. The summed E-state index contributed by atoms with van der Waals surface area (Å²) < 4.78 is 2.05. The first-order valence-corrected chi connectivity index (χ1v) is 6.72. The molecule has 3 nitrogen and oxygen atoms in total. The van der Waals surface area contributed by atoms with Gasteiger partial charge >= 0.3 is 0 Å². The Morgan fingerprint density at radius 3 is 2.50 bits per heavy atom. The lowest BCUT2D eigenvalue weighted by molar-refractivity contribution is 0.557. The summed E-state index contributed by atoms with van der Waals surface area (Å²) in [5.41, 5.74) is 3.48. The molecule has 0 bridgehead atoms. The van der Waals surface area contributed by atoms with Gasteiger partial charge in [-0.05, 0) is 12.3 Å². The molecule has 2 rings (SSSR count). The Balaban J connectivity index is 2.44. The molecule has 0 aliphatic heterocycles. The van der Waals surface area contributed by atoms with Crippen LogP contribution in [0.15, 0.2) is 30.3 Å². The van der Waals surface area contributed by atoms with Gasteiger partial charge in [0.25, 0.3) is 0 Å². The maximum Gasteiger partial charge on any atom is 0.0932 e. The summed E-state index contributed by atoms with van der Waals surface area (Å²) >= 11 is 0. The first kappa shape index (κ1) is 12.8. The smallest absolute Gasteiger partial charge is 0.0932 e. The summed E-state index contributed by atoms with van der Waals surface area (Å²) in [6, 6.07) is 10.4. The van der Waals surface area contributed by atoms with Gasteiger partial charge in [-0.3, -0.25) is 0 Å². The van der Waals surface area contributed by atoms with Crippen molar-refractivity contribution in [3.8, 4) is 11.3 Å². The standard InChI is InChI=1S/C15H21N3/c1-4-5-11-18-15(13-9-7-6-8-10-13)14(12(2)3)16-17-18/h6-10,12H,4-5,11H2,1-3H3. The lowest BCUT2D eigenvalue weighted by Crippen LogP contribution is -2.03. The van der Waals surface area contributed by atoms with E-state index < -0.39 is 0 Å². The second-order valence-electron chi connectivity index (χ2n) is 4.92. The Morgan fingerprint density at radius 2 is 1.89 bits per heavy atom. The van der Waals surface area contributed by atoms with Gasteiger partial charge < -0.3 is 0 Å². The summed E-state index contributed by atoms with van der Waals surface area (Å²) in [5.74, 6) is 0.399. The second-order valence-corrected chi connectivity index (χ2v) is 4.92. The molecule has 0 aliphatic carbocycles. The van der Waals surface area contributed by atoms with Gasteiger partial charge in [0.05, 0.1) is 11.4 Å². The molecule has 0 saturated carbocycles. The van der Waals surface area contributed by atoms with Crippen LogP contribution in [-0.4, -0.2) is 15.0 Å². The third-order valence-electron chi connectivity index (χ3n) is 3.08. The molecule has 18 heavy (non-hydrogen) atoms. The highest BCUT2D eigenvalue weighted by Crippen LogP contribution is 2.27. The van der Waals surface area contributed by atoms with Crippen LogP contribution in [0.3, 0.4) is 0 Å². The van der Waals surface area contributed by atoms with Gasteiger partial charge in [-0.25, -0.2) is 4.68 Å². The molecule has 0 fully saturated rings. The zero-order valence-electron chi connectivity index (χ0n) is 11.4. The van der Waals surface area contributed by atoms with Crippen LogP contribution in [0.2, 0.25) is 0 Å². The molecule has 0 aliphatic rings. The average Bonchev–Trinajstić information content (AvgIpc) is 2.81. The van der Waals surface area contributed by atoms with Crippen molar-refractivity contribution < 1.29 is 0 Å². The molecule has 1 aromatic carbocycles. The summed E-state index contributed by atoms with van der Waals surface area (Å²) in [6.45, 7) is 7.48. The zero-order valence-corrected chi connectivity index (χ0v) is 11.4. The molecule has 2 aromatic rings. The van der Waals surface area contributed by atoms with Crippen molar-refractivity contribution in [2.75, 3.05) is 0 Å². The SMILES string of the molecule is CCCCn1nnc(C(C)C)c1-c1ccccc1. The fraction of sp³-hybridized carbons (Fsp3) is 0.467. The number of rotatable bonds is 5. The quantitative estimate of drug-likeness (QED) is 0.798. The Kier molecular flexibility index (Phi) is 4.13. The minimum absolute atomic E-state index is 0.399. The van der Waals surface area contributed by atoms with Crippen LogP contribution >= 0.6 is 0 Å². The molecule has 1 heterocycles. The number of benzene rings is 1. The van der Waals surface area contributed by atoms with Crippen molar-refractivity contribution in [1.82, 2.24) is 15.0 Å². The highest BCUT2D eigenvalue weighted by atomic mass is 15.4. The Labute approximate surface area is 109 Å². The number of hydrogen-bond acceptors (Lipinski definition) is 2. The molecule has 0 saturated heterocycles. The van der Waals surface area contributed by atoms with E-state index >= 15 is 0 Å². The van der Waals surface area contributed by atoms with Crippen LogP contribution < -0.4 is 0 Å². The lowest BCUT2D eigenvalue weighted by Gasteiger charge is -2.09. The van der Waals surface area contributed by atoms with Crippen molar-refractivity contribution >= 4 is 0 Å². The zero-order chi connectivity index (χ0) is 13.0. The minimum atomic E-state index is 0.399. The first-order valence-electron chi connectivity index (χ1n) is 6.72. The fourth-order valence-electron chi connectivity index (χ4n) is 2.07. The maximum atomic E-state index is 4.36. The third-order valence-corrected chi connectivity index (χ3v) is 3.08.